The molecule has 126 valence electrons. The maximum absolute atomic E-state index is 13.0. The van der Waals surface area contributed by atoms with Crippen molar-refractivity contribution in [2.45, 2.75) is 13.0 Å². The summed E-state index contributed by atoms with van der Waals surface area (Å²) in [6.45, 7) is -0.532. The number of aromatic nitrogens is 2. The van der Waals surface area contributed by atoms with E-state index in [2.05, 4.69) is 5.32 Å². The number of amides is 1. The second-order valence-electron chi connectivity index (χ2n) is 4.77. The van der Waals surface area contributed by atoms with Crippen LogP contribution in [0.4, 0.5) is 10.1 Å². The number of ether oxygens (including phenoxy) is 1. The molecule has 24 heavy (non-hydrogen) atoms. The summed E-state index contributed by atoms with van der Waals surface area (Å²) in [6.07, 6.45) is 1.10. The van der Waals surface area contributed by atoms with Crippen molar-refractivity contribution in [1.82, 2.24) is 9.55 Å². The molecule has 1 aromatic carbocycles. The highest BCUT2D eigenvalue weighted by Crippen LogP contribution is 2.08. The van der Waals surface area contributed by atoms with Crippen molar-refractivity contribution in [3.63, 3.8) is 0 Å². The average Bonchev–Trinajstić information content (AvgIpc) is 2.52. The van der Waals surface area contributed by atoms with Gasteiger partial charge in [-0.1, -0.05) is 6.07 Å². The van der Waals surface area contributed by atoms with Crippen molar-refractivity contribution in [2.24, 2.45) is 0 Å². The summed E-state index contributed by atoms with van der Waals surface area (Å²) in [6, 6.07) is 6.43. The molecule has 0 saturated carbocycles. The first kappa shape index (κ1) is 17.1. The lowest BCUT2D eigenvalue weighted by atomic mass is 10.3. The van der Waals surface area contributed by atoms with Crippen LogP contribution >= 0.6 is 0 Å². The number of nitrogens with one attached hydrogen (secondary N) is 2. The quantitative estimate of drug-likeness (QED) is 0.735. The van der Waals surface area contributed by atoms with Gasteiger partial charge in [0.05, 0.1) is 6.42 Å². The maximum Gasteiger partial charge on any atom is 0.328 e. The van der Waals surface area contributed by atoms with Gasteiger partial charge in [-0.05, 0) is 18.2 Å². The smallest absolute Gasteiger partial charge is 0.328 e. The number of halogens is 1. The van der Waals surface area contributed by atoms with Crippen molar-refractivity contribution in [3.8, 4) is 0 Å². The highest BCUT2D eigenvalue weighted by molar-refractivity contribution is 5.92. The fourth-order valence-corrected chi connectivity index (χ4v) is 1.81. The number of rotatable bonds is 6. The number of H-pyrrole nitrogens is 1. The zero-order chi connectivity index (χ0) is 17.5. The highest BCUT2D eigenvalue weighted by Gasteiger charge is 2.09. The fraction of sp³-hybridized carbons (Fsp3) is 0.200. The molecule has 0 atom stereocenters. The van der Waals surface area contributed by atoms with Crippen LogP contribution < -0.4 is 16.6 Å². The van der Waals surface area contributed by atoms with Crippen LogP contribution in [0.2, 0.25) is 0 Å². The molecule has 2 N–H and O–H groups in total. The van der Waals surface area contributed by atoms with E-state index in [-0.39, 0.29) is 18.7 Å². The van der Waals surface area contributed by atoms with E-state index in [1.807, 2.05) is 4.98 Å². The van der Waals surface area contributed by atoms with Gasteiger partial charge in [0.15, 0.2) is 6.61 Å². The molecule has 0 aliphatic heterocycles. The first-order valence-corrected chi connectivity index (χ1v) is 6.95. The number of hydrogen-bond acceptors (Lipinski definition) is 5. The standard InChI is InChI=1S/C15H14FN3O5/c16-10-2-1-3-11(8-10)17-13(21)9-24-14(22)5-7-19-6-4-12(20)18-15(19)23/h1-4,6,8H,5,7,9H2,(H,17,21)(H,18,20,23). The molecule has 8 nitrogen and oxygen atoms in total. The predicted molar refractivity (Wildman–Crippen MR) is 81.9 cm³/mol. The van der Waals surface area contributed by atoms with Gasteiger partial charge in [0.2, 0.25) is 0 Å². The van der Waals surface area contributed by atoms with Gasteiger partial charge in [0.1, 0.15) is 5.82 Å². The molecule has 0 radical (unpaired) electrons. The number of benzene rings is 1. The van der Waals surface area contributed by atoms with Gasteiger partial charge in [0.25, 0.3) is 11.5 Å². The average molecular weight is 335 g/mol. The Kier molecular flexibility index (Phi) is 5.61. The normalized spacial score (nSPS) is 10.2. The first-order chi connectivity index (χ1) is 11.4. The largest absolute Gasteiger partial charge is 0.456 e. The predicted octanol–water partition coefficient (Wildman–Crippen LogP) is 0.248. The minimum atomic E-state index is -0.692. The van der Waals surface area contributed by atoms with Crippen molar-refractivity contribution in [2.75, 3.05) is 11.9 Å². The van der Waals surface area contributed by atoms with Crippen LogP contribution in [0.5, 0.6) is 0 Å². The topological polar surface area (TPSA) is 110 Å². The van der Waals surface area contributed by atoms with Crippen LogP contribution in [0.15, 0.2) is 46.1 Å². The van der Waals surface area contributed by atoms with Crippen molar-refractivity contribution in [1.29, 1.82) is 0 Å². The zero-order valence-electron chi connectivity index (χ0n) is 12.5. The van der Waals surface area contributed by atoms with Gasteiger partial charge in [0, 0.05) is 24.5 Å². The lowest BCUT2D eigenvalue weighted by molar-refractivity contribution is -0.147. The summed E-state index contributed by atoms with van der Waals surface area (Å²) in [4.78, 5) is 47.5. The van der Waals surface area contributed by atoms with Gasteiger partial charge in [-0.15, -0.1) is 0 Å². The number of aromatic amines is 1. The Hall–Kier alpha value is -3.23. The third kappa shape index (κ3) is 5.20. The molecular formula is C15H14FN3O5. The molecule has 0 saturated heterocycles. The molecular weight excluding hydrogens is 321 g/mol. The molecule has 2 aromatic rings. The van der Waals surface area contributed by atoms with Gasteiger partial charge in [-0.25, -0.2) is 9.18 Å². The van der Waals surface area contributed by atoms with Gasteiger partial charge >= 0.3 is 11.7 Å². The van der Waals surface area contributed by atoms with Crippen LogP contribution in [0.1, 0.15) is 6.42 Å². The Morgan fingerprint density at radius 2 is 2.04 bits per heavy atom. The van der Waals surface area contributed by atoms with Crippen LogP contribution in [0.25, 0.3) is 0 Å². The van der Waals surface area contributed by atoms with Crippen molar-refractivity contribution >= 4 is 17.6 Å². The molecule has 0 aliphatic rings. The van der Waals surface area contributed by atoms with Crippen molar-refractivity contribution < 1.29 is 18.7 Å². The number of anilines is 1. The van der Waals surface area contributed by atoms with Crippen LogP contribution in [0, 0.1) is 5.82 Å². The number of aryl methyl sites for hydroxylation is 1. The van der Waals surface area contributed by atoms with E-state index in [4.69, 9.17) is 4.74 Å². The van der Waals surface area contributed by atoms with Crippen molar-refractivity contribution in [3.05, 3.63) is 63.2 Å². The third-order valence-electron chi connectivity index (χ3n) is 2.93. The van der Waals surface area contributed by atoms with E-state index >= 15 is 0 Å². The number of carbonyl (C=O) groups is 2. The molecule has 2 rings (SSSR count). The molecule has 1 amide bonds. The van der Waals surface area contributed by atoms with Crippen LogP contribution in [0.3, 0.4) is 0 Å². The molecule has 1 heterocycles. The van der Waals surface area contributed by atoms with E-state index < -0.39 is 35.5 Å². The molecule has 0 fully saturated rings. The minimum Gasteiger partial charge on any atom is -0.456 e. The van der Waals surface area contributed by atoms with Gasteiger partial charge < -0.3 is 14.6 Å². The molecule has 0 bridgehead atoms. The third-order valence-corrected chi connectivity index (χ3v) is 2.93. The summed E-state index contributed by atoms with van der Waals surface area (Å²) in [7, 11) is 0. The number of hydrogen-bond donors (Lipinski definition) is 2. The van der Waals surface area contributed by atoms with E-state index in [9.17, 15) is 23.6 Å². The summed E-state index contributed by atoms with van der Waals surface area (Å²) < 4.78 is 18.9. The zero-order valence-corrected chi connectivity index (χ0v) is 12.5. The Balaban J connectivity index is 1.77. The number of nitrogens with zero attached hydrogens (tertiary/aromatic N) is 1. The first-order valence-electron chi connectivity index (χ1n) is 6.95. The highest BCUT2D eigenvalue weighted by atomic mass is 19.1. The second kappa shape index (κ2) is 7.86. The Morgan fingerprint density at radius 1 is 1.25 bits per heavy atom. The van der Waals surface area contributed by atoms with Crippen LogP contribution in [-0.2, 0) is 20.9 Å². The van der Waals surface area contributed by atoms with E-state index in [0.29, 0.717) is 0 Å². The summed E-state index contributed by atoms with van der Waals surface area (Å²) >= 11 is 0. The minimum absolute atomic E-state index is 0.0000375. The van der Waals surface area contributed by atoms with Crippen LogP contribution in [-0.4, -0.2) is 28.0 Å². The molecule has 0 unspecified atom stereocenters. The number of esters is 1. The lowest BCUT2D eigenvalue weighted by Crippen LogP contribution is -2.29. The summed E-state index contributed by atoms with van der Waals surface area (Å²) in [5, 5.41) is 2.38. The second-order valence-corrected chi connectivity index (χ2v) is 4.77. The van der Waals surface area contributed by atoms with E-state index in [1.54, 1.807) is 0 Å². The Morgan fingerprint density at radius 3 is 2.75 bits per heavy atom. The molecule has 9 heteroatoms. The number of carbonyl (C=O) groups excluding carboxylic acids is 2. The lowest BCUT2D eigenvalue weighted by Gasteiger charge is -2.07. The van der Waals surface area contributed by atoms with E-state index in [1.165, 1.54) is 24.4 Å². The molecule has 0 spiro atoms. The summed E-state index contributed by atoms with van der Waals surface area (Å²) in [5.74, 6) is -1.81. The Bertz CT molecular complexity index is 858. The van der Waals surface area contributed by atoms with Gasteiger partial charge in [-0.2, -0.15) is 0 Å². The molecule has 0 aliphatic carbocycles. The monoisotopic (exact) mass is 335 g/mol. The van der Waals surface area contributed by atoms with E-state index in [0.717, 1.165) is 16.7 Å². The maximum atomic E-state index is 13.0. The van der Waals surface area contributed by atoms with Gasteiger partial charge in [-0.3, -0.25) is 19.4 Å². The SMILES string of the molecule is O=C(COC(=O)CCn1ccc(=O)[nH]c1=O)Nc1cccc(F)c1. The Labute approximate surface area is 134 Å². The molecule has 1 aromatic heterocycles. The summed E-state index contributed by atoms with van der Waals surface area (Å²) in [5.41, 5.74) is -0.928. The fourth-order valence-electron chi connectivity index (χ4n) is 1.81.